The van der Waals surface area contributed by atoms with Gasteiger partial charge in [0.2, 0.25) is 5.82 Å². The first-order chi connectivity index (χ1) is 15.3. The normalized spacial score (nSPS) is 26.5. The largest absolute Gasteiger partial charge is 0.493 e. The first-order valence-electron chi connectivity index (χ1n) is 10.3. The third kappa shape index (κ3) is 4.01. The molecule has 0 saturated carbocycles. The summed E-state index contributed by atoms with van der Waals surface area (Å²) in [6.45, 7) is 5.50. The number of hydrogen-bond donors (Lipinski definition) is 2. The van der Waals surface area contributed by atoms with Gasteiger partial charge in [-0.2, -0.15) is 17.6 Å². The summed E-state index contributed by atoms with van der Waals surface area (Å²) in [5.41, 5.74) is -2.57. The zero-order valence-corrected chi connectivity index (χ0v) is 19.0. The van der Waals surface area contributed by atoms with Crippen molar-refractivity contribution >= 4 is 0 Å². The minimum atomic E-state index is -4.79. The molecule has 0 spiro atoms. The number of H-pyrrole nitrogens is 1. The van der Waals surface area contributed by atoms with Crippen LogP contribution >= 0.6 is 0 Å². The summed E-state index contributed by atoms with van der Waals surface area (Å²) in [4.78, 5) is 19.7. The first-order valence-corrected chi connectivity index (χ1v) is 10.3. The number of rotatable bonds is 5. The van der Waals surface area contributed by atoms with Crippen molar-refractivity contribution in [2.24, 2.45) is 5.92 Å². The van der Waals surface area contributed by atoms with Crippen molar-refractivity contribution in [1.82, 2.24) is 15.3 Å². The van der Waals surface area contributed by atoms with Crippen LogP contribution in [-0.4, -0.2) is 35.9 Å². The van der Waals surface area contributed by atoms with E-state index in [1.165, 1.54) is 13.0 Å². The number of benzene rings is 1. The molecule has 6 nitrogen and oxygen atoms in total. The predicted octanol–water partition coefficient (Wildman–Crippen LogP) is 4.46. The fourth-order valence-electron chi connectivity index (χ4n) is 4.46. The Hall–Kier alpha value is -2.53. The molecule has 1 aliphatic rings. The smallest absolute Gasteiger partial charge is 0.417 e. The lowest BCUT2D eigenvalue weighted by molar-refractivity contribution is -0.275. The number of hydrogen-bond acceptors (Lipinski definition) is 5. The highest BCUT2D eigenvalue weighted by atomic mass is 19.4. The lowest BCUT2D eigenvalue weighted by Crippen LogP contribution is -2.46. The van der Waals surface area contributed by atoms with E-state index in [0.29, 0.717) is 11.3 Å². The molecule has 1 aromatic heterocycles. The lowest BCUT2D eigenvalue weighted by atomic mass is 9.77. The van der Waals surface area contributed by atoms with Gasteiger partial charge in [-0.3, -0.25) is 4.79 Å². The molecule has 2 heterocycles. The van der Waals surface area contributed by atoms with Gasteiger partial charge in [-0.25, -0.2) is 9.37 Å². The maximum absolute atomic E-state index is 14.5. The third-order valence-corrected chi connectivity index (χ3v) is 6.61. The average molecular weight is 475 g/mol. The Bertz CT molecular complexity index is 1100. The van der Waals surface area contributed by atoms with Crippen LogP contribution in [0.15, 0.2) is 16.9 Å². The molecule has 1 saturated heterocycles. The number of aromatic nitrogens is 2. The molecular weight excluding hydrogens is 449 g/mol. The van der Waals surface area contributed by atoms with Crippen LogP contribution in [0.25, 0.3) is 0 Å². The zero-order chi connectivity index (χ0) is 24.9. The Morgan fingerprint density at radius 3 is 2.45 bits per heavy atom. The molecular formula is C22H26F5N3O3. The summed E-state index contributed by atoms with van der Waals surface area (Å²) in [6, 6.07) is 1.62. The van der Waals surface area contributed by atoms with Crippen LogP contribution in [0.2, 0.25) is 0 Å². The van der Waals surface area contributed by atoms with Gasteiger partial charge >= 0.3 is 6.18 Å². The molecule has 3 rings (SSSR count). The Kier molecular flexibility index (Phi) is 6.60. The maximum atomic E-state index is 14.5. The number of ether oxygens (including phenoxy) is 2. The topological polar surface area (TPSA) is 76.2 Å². The Labute approximate surface area is 187 Å². The number of nitrogens with zero attached hydrogens (tertiary/aromatic N) is 1. The average Bonchev–Trinajstić information content (AvgIpc) is 3.01. The summed E-state index contributed by atoms with van der Waals surface area (Å²) in [5.74, 6) is -5.60. The number of nitrogens with one attached hydrogen (secondary N) is 2. The molecule has 0 radical (unpaired) electrons. The SMILES string of the molecule is CNC(C)c1c(C)nc([C@@H]2O[C@@](C)(C(F)(F)F)[C@@H](C)[C@H]2c2ccc(F)c(F)c2OC)[nH]c1=O. The molecule has 33 heavy (non-hydrogen) atoms. The molecule has 0 bridgehead atoms. The second-order valence-electron chi connectivity index (χ2n) is 8.40. The summed E-state index contributed by atoms with van der Waals surface area (Å²) >= 11 is 0. The van der Waals surface area contributed by atoms with Crippen LogP contribution in [-0.2, 0) is 4.74 Å². The molecule has 182 valence electrons. The third-order valence-electron chi connectivity index (χ3n) is 6.61. The van der Waals surface area contributed by atoms with Gasteiger partial charge in [0.1, 0.15) is 11.9 Å². The molecule has 2 aromatic rings. The van der Waals surface area contributed by atoms with Crippen molar-refractivity contribution in [3.63, 3.8) is 0 Å². The molecule has 0 amide bonds. The minimum absolute atomic E-state index is 0.0187. The van der Waals surface area contributed by atoms with E-state index in [-0.39, 0.29) is 17.4 Å². The highest BCUT2D eigenvalue weighted by molar-refractivity contribution is 5.41. The van der Waals surface area contributed by atoms with E-state index in [1.54, 1.807) is 20.9 Å². The number of aryl methyl sites for hydroxylation is 1. The van der Waals surface area contributed by atoms with Gasteiger partial charge < -0.3 is 19.8 Å². The predicted molar refractivity (Wildman–Crippen MR) is 110 cm³/mol. The standard InChI is InChI=1S/C22H26F5N3O3/c1-9-14(12-7-8-13(23)16(24)17(12)32-6)18(33-21(9,4)22(25,26)27)19-29-11(3)15(10(2)28-5)20(31)30-19/h7-10,14,18,28H,1-6H3,(H,29,30,31)/t9-,10?,14-,18+,21+/m0/s1. The summed E-state index contributed by atoms with van der Waals surface area (Å²) in [6.07, 6.45) is -6.20. The lowest BCUT2D eigenvalue weighted by Gasteiger charge is -2.32. The minimum Gasteiger partial charge on any atom is -0.493 e. The van der Waals surface area contributed by atoms with Gasteiger partial charge in [0, 0.05) is 29.1 Å². The van der Waals surface area contributed by atoms with E-state index < -0.39 is 52.7 Å². The van der Waals surface area contributed by atoms with E-state index in [2.05, 4.69) is 15.3 Å². The van der Waals surface area contributed by atoms with Crippen molar-refractivity contribution in [3.05, 3.63) is 56.8 Å². The monoisotopic (exact) mass is 475 g/mol. The molecule has 5 atom stereocenters. The highest BCUT2D eigenvalue weighted by Gasteiger charge is 2.65. The van der Waals surface area contributed by atoms with E-state index in [4.69, 9.17) is 9.47 Å². The number of aromatic amines is 1. The maximum Gasteiger partial charge on any atom is 0.417 e. The van der Waals surface area contributed by atoms with Gasteiger partial charge in [-0.15, -0.1) is 0 Å². The fraction of sp³-hybridized carbons (Fsp3) is 0.545. The Balaban J connectivity index is 2.25. The first kappa shape index (κ1) is 25.1. The van der Waals surface area contributed by atoms with Gasteiger partial charge in [-0.05, 0) is 33.9 Å². The summed E-state index contributed by atoms with van der Waals surface area (Å²) in [5, 5.41) is 2.92. The molecule has 11 heteroatoms. The van der Waals surface area contributed by atoms with Gasteiger partial charge in [0.25, 0.3) is 5.56 Å². The van der Waals surface area contributed by atoms with Crippen LogP contribution in [0.4, 0.5) is 22.0 Å². The Morgan fingerprint density at radius 1 is 1.30 bits per heavy atom. The Morgan fingerprint density at radius 2 is 1.94 bits per heavy atom. The molecule has 2 N–H and O–H groups in total. The van der Waals surface area contributed by atoms with Crippen molar-refractivity contribution < 1.29 is 31.4 Å². The molecule has 1 fully saturated rings. The summed E-state index contributed by atoms with van der Waals surface area (Å²) in [7, 11) is 2.75. The zero-order valence-electron chi connectivity index (χ0n) is 19.0. The van der Waals surface area contributed by atoms with Crippen molar-refractivity contribution in [2.75, 3.05) is 14.2 Å². The van der Waals surface area contributed by atoms with E-state index in [9.17, 15) is 26.7 Å². The van der Waals surface area contributed by atoms with E-state index in [0.717, 1.165) is 20.1 Å². The van der Waals surface area contributed by atoms with Crippen molar-refractivity contribution in [2.45, 2.75) is 57.5 Å². The molecule has 1 unspecified atom stereocenters. The van der Waals surface area contributed by atoms with Crippen LogP contribution in [0.1, 0.15) is 61.5 Å². The number of methoxy groups -OCH3 is 1. The van der Waals surface area contributed by atoms with Crippen LogP contribution in [0, 0.1) is 24.5 Å². The number of alkyl halides is 3. The van der Waals surface area contributed by atoms with Gasteiger partial charge in [-0.1, -0.05) is 13.0 Å². The fourth-order valence-corrected chi connectivity index (χ4v) is 4.46. The van der Waals surface area contributed by atoms with Crippen LogP contribution in [0.5, 0.6) is 5.75 Å². The summed E-state index contributed by atoms with van der Waals surface area (Å²) < 4.78 is 81.1. The van der Waals surface area contributed by atoms with Crippen LogP contribution < -0.4 is 15.6 Å². The second-order valence-corrected chi connectivity index (χ2v) is 8.40. The second kappa shape index (κ2) is 8.68. The molecule has 1 aromatic carbocycles. The number of halogens is 5. The quantitative estimate of drug-likeness (QED) is 0.625. The van der Waals surface area contributed by atoms with Crippen LogP contribution in [0.3, 0.4) is 0 Å². The van der Waals surface area contributed by atoms with E-state index in [1.807, 2.05) is 0 Å². The van der Waals surface area contributed by atoms with Gasteiger partial charge in [0.15, 0.2) is 17.2 Å². The highest BCUT2D eigenvalue weighted by Crippen LogP contribution is 2.59. The van der Waals surface area contributed by atoms with Gasteiger partial charge in [0.05, 0.1) is 12.7 Å². The van der Waals surface area contributed by atoms with Crippen molar-refractivity contribution in [3.8, 4) is 5.75 Å². The van der Waals surface area contributed by atoms with Crippen molar-refractivity contribution in [1.29, 1.82) is 0 Å². The molecule has 0 aliphatic carbocycles. The molecule has 1 aliphatic heterocycles. The van der Waals surface area contributed by atoms with E-state index >= 15 is 0 Å².